The Labute approximate surface area is 155 Å². The maximum Gasteiger partial charge on any atom is 0.426 e. The molecule has 10 heteroatoms. The van der Waals surface area contributed by atoms with Crippen molar-refractivity contribution in [3.8, 4) is 17.4 Å². The van der Waals surface area contributed by atoms with Gasteiger partial charge in [-0.2, -0.15) is 13.2 Å². The molecule has 0 bridgehead atoms. The average molecular weight is 408 g/mol. The highest BCUT2D eigenvalue weighted by Crippen LogP contribution is 2.43. The van der Waals surface area contributed by atoms with Gasteiger partial charge in [-0.25, -0.2) is 4.98 Å². The van der Waals surface area contributed by atoms with Crippen molar-refractivity contribution in [1.29, 1.82) is 0 Å². The molecule has 2 heterocycles. The second-order valence-corrected chi connectivity index (χ2v) is 6.38. The zero-order chi connectivity index (χ0) is 19.1. The van der Waals surface area contributed by atoms with Crippen LogP contribution >= 0.6 is 23.2 Å². The number of alkyl halides is 3. The van der Waals surface area contributed by atoms with E-state index in [1.165, 1.54) is 30.5 Å². The highest BCUT2D eigenvalue weighted by molar-refractivity contribution is 6.32. The Kier molecular flexibility index (Phi) is 4.90. The zero-order valence-corrected chi connectivity index (χ0v) is 14.3. The number of benzene rings is 1. The fraction of sp³-hybridized carbons (Fsp3) is 0.250. The molecule has 0 saturated heterocycles. The molecule has 0 amide bonds. The Morgan fingerprint density at radius 2 is 2.04 bits per heavy atom. The van der Waals surface area contributed by atoms with Crippen LogP contribution in [0.15, 0.2) is 30.5 Å². The van der Waals surface area contributed by atoms with Crippen LogP contribution in [-0.2, 0) is 11.2 Å². The van der Waals surface area contributed by atoms with Gasteiger partial charge < -0.3 is 14.6 Å². The van der Waals surface area contributed by atoms with Gasteiger partial charge in [0, 0.05) is 23.4 Å². The molecule has 0 fully saturated rings. The van der Waals surface area contributed by atoms with Crippen LogP contribution in [0.4, 0.5) is 13.2 Å². The van der Waals surface area contributed by atoms with Crippen LogP contribution in [0, 0.1) is 5.92 Å². The lowest BCUT2D eigenvalue weighted by Crippen LogP contribution is -2.47. The summed E-state index contributed by atoms with van der Waals surface area (Å²) in [7, 11) is 0. The first kappa shape index (κ1) is 18.6. The number of carboxylic acids is 1. The van der Waals surface area contributed by atoms with Gasteiger partial charge in [0.05, 0.1) is 5.02 Å². The number of carbonyl (C=O) groups is 1. The molecule has 1 aliphatic heterocycles. The maximum absolute atomic E-state index is 13.1. The third kappa shape index (κ3) is 3.81. The first-order valence-corrected chi connectivity index (χ1v) is 7.98. The van der Waals surface area contributed by atoms with E-state index in [1.807, 2.05) is 0 Å². The number of aromatic nitrogens is 1. The monoisotopic (exact) mass is 407 g/mol. The van der Waals surface area contributed by atoms with E-state index >= 15 is 0 Å². The quantitative estimate of drug-likeness (QED) is 0.794. The number of nitrogens with zero attached hydrogens (tertiary/aromatic N) is 1. The SMILES string of the molecule is O=C(O)C1Cc2cc(Cl)c(Oc3cc(Cl)ccn3)cc2OC1C(F)(F)F. The summed E-state index contributed by atoms with van der Waals surface area (Å²) in [4.78, 5) is 15.1. The number of fused-ring (bicyclic) bond motifs is 1. The van der Waals surface area contributed by atoms with E-state index in [0.717, 1.165) is 0 Å². The van der Waals surface area contributed by atoms with E-state index in [0.29, 0.717) is 5.02 Å². The van der Waals surface area contributed by atoms with E-state index < -0.39 is 24.2 Å². The average Bonchev–Trinajstić information content (AvgIpc) is 2.53. The number of ether oxygens (including phenoxy) is 2. The van der Waals surface area contributed by atoms with Gasteiger partial charge in [-0.15, -0.1) is 0 Å². The van der Waals surface area contributed by atoms with Gasteiger partial charge in [0.25, 0.3) is 0 Å². The number of pyridine rings is 1. The molecule has 0 aliphatic carbocycles. The molecule has 2 atom stereocenters. The molecule has 5 nitrogen and oxygen atoms in total. The lowest BCUT2D eigenvalue weighted by molar-refractivity contribution is -0.217. The van der Waals surface area contributed by atoms with Crippen LogP contribution < -0.4 is 9.47 Å². The van der Waals surface area contributed by atoms with Gasteiger partial charge in [-0.05, 0) is 24.1 Å². The molecule has 1 aromatic heterocycles. The van der Waals surface area contributed by atoms with E-state index in [2.05, 4.69) is 4.98 Å². The number of hydrogen-bond donors (Lipinski definition) is 1. The van der Waals surface area contributed by atoms with Crippen LogP contribution in [0.3, 0.4) is 0 Å². The molecule has 26 heavy (non-hydrogen) atoms. The third-order valence-corrected chi connectivity index (χ3v) is 4.26. The van der Waals surface area contributed by atoms with Gasteiger partial charge >= 0.3 is 12.1 Å². The molecule has 3 rings (SSSR count). The van der Waals surface area contributed by atoms with Crippen molar-refractivity contribution in [2.24, 2.45) is 5.92 Å². The summed E-state index contributed by atoms with van der Waals surface area (Å²) in [5.74, 6) is -3.41. The maximum atomic E-state index is 13.1. The second kappa shape index (κ2) is 6.85. The van der Waals surface area contributed by atoms with Gasteiger partial charge in [0.2, 0.25) is 12.0 Å². The van der Waals surface area contributed by atoms with E-state index in [4.69, 9.17) is 37.8 Å². The fourth-order valence-electron chi connectivity index (χ4n) is 2.55. The van der Waals surface area contributed by atoms with Crippen molar-refractivity contribution in [3.63, 3.8) is 0 Å². The molecule has 0 spiro atoms. The van der Waals surface area contributed by atoms with Crippen molar-refractivity contribution in [2.75, 3.05) is 0 Å². The molecule has 1 N–H and O–H groups in total. The predicted molar refractivity (Wildman–Crippen MR) is 86.1 cm³/mol. The summed E-state index contributed by atoms with van der Waals surface area (Å²) in [6.07, 6.45) is -6.29. The van der Waals surface area contributed by atoms with Crippen molar-refractivity contribution >= 4 is 29.2 Å². The minimum atomic E-state index is -4.84. The van der Waals surface area contributed by atoms with Gasteiger partial charge in [0.1, 0.15) is 11.7 Å². The van der Waals surface area contributed by atoms with E-state index in [-0.39, 0.29) is 34.4 Å². The molecule has 2 aromatic rings. The smallest absolute Gasteiger partial charge is 0.426 e. The van der Waals surface area contributed by atoms with Crippen molar-refractivity contribution in [3.05, 3.63) is 46.1 Å². The van der Waals surface area contributed by atoms with Gasteiger partial charge in [-0.3, -0.25) is 4.79 Å². The minimum Gasteiger partial charge on any atom is -0.481 e. The van der Waals surface area contributed by atoms with Crippen LogP contribution in [0.25, 0.3) is 0 Å². The first-order valence-electron chi connectivity index (χ1n) is 7.23. The Balaban J connectivity index is 1.96. The number of hydrogen-bond acceptors (Lipinski definition) is 4. The molecule has 2 unspecified atom stereocenters. The lowest BCUT2D eigenvalue weighted by Gasteiger charge is -2.32. The minimum absolute atomic E-state index is 0.00915. The molecule has 0 saturated carbocycles. The van der Waals surface area contributed by atoms with Crippen molar-refractivity contribution < 1.29 is 32.5 Å². The summed E-state index contributed by atoms with van der Waals surface area (Å²) in [6.45, 7) is 0. The predicted octanol–water partition coefficient (Wildman–Crippen LogP) is 4.75. The Morgan fingerprint density at radius 3 is 2.65 bits per heavy atom. The van der Waals surface area contributed by atoms with Crippen molar-refractivity contribution in [2.45, 2.75) is 18.7 Å². The number of aliphatic carboxylic acids is 1. The summed E-state index contributed by atoms with van der Waals surface area (Å²) in [5, 5.41) is 9.51. The fourth-order valence-corrected chi connectivity index (χ4v) is 2.93. The van der Waals surface area contributed by atoms with Gasteiger partial charge in [-0.1, -0.05) is 23.2 Å². The van der Waals surface area contributed by atoms with Crippen LogP contribution in [-0.4, -0.2) is 28.3 Å². The van der Waals surface area contributed by atoms with Crippen LogP contribution in [0.5, 0.6) is 17.4 Å². The largest absolute Gasteiger partial charge is 0.481 e. The molecular formula is C16H10Cl2F3NO4. The van der Waals surface area contributed by atoms with Crippen LogP contribution in [0.2, 0.25) is 10.0 Å². The molecule has 1 aliphatic rings. The zero-order valence-electron chi connectivity index (χ0n) is 12.8. The van der Waals surface area contributed by atoms with E-state index in [1.54, 1.807) is 0 Å². The number of rotatable bonds is 3. The van der Waals surface area contributed by atoms with Crippen molar-refractivity contribution in [1.82, 2.24) is 4.98 Å². The second-order valence-electron chi connectivity index (χ2n) is 5.53. The summed E-state index contributed by atoms with van der Waals surface area (Å²) in [6, 6.07) is 5.42. The Hall–Kier alpha value is -2.19. The molecular weight excluding hydrogens is 398 g/mol. The number of carboxylic acid groups (broad SMARTS) is 1. The van der Waals surface area contributed by atoms with Gasteiger partial charge in [0.15, 0.2) is 5.75 Å². The van der Waals surface area contributed by atoms with E-state index in [9.17, 15) is 18.0 Å². The normalized spacial score (nSPS) is 19.4. The molecule has 0 radical (unpaired) electrons. The standard InChI is InChI=1S/C16H10Cl2F3NO4/c17-8-1-2-22-13(5-8)25-12-6-11-7(4-10(12)18)3-9(15(23)24)14(26-11)16(19,20)21/h1-2,4-6,9,14H,3H2,(H,23,24). The Bertz CT molecular complexity index is 860. The first-order chi connectivity index (χ1) is 12.1. The summed E-state index contributed by atoms with van der Waals surface area (Å²) >= 11 is 11.9. The highest BCUT2D eigenvalue weighted by atomic mass is 35.5. The summed E-state index contributed by atoms with van der Waals surface area (Å²) in [5.41, 5.74) is 0.245. The van der Waals surface area contributed by atoms with Crippen LogP contribution in [0.1, 0.15) is 5.56 Å². The lowest BCUT2D eigenvalue weighted by atomic mass is 9.90. The molecule has 138 valence electrons. The topological polar surface area (TPSA) is 68.7 Å². The summed E-state index contributed by atoms with van der Waals surface area (Å²) < 4.78 is 49.8. The Morgan fingerprint density at radius 1 is 1.31 bits per heavy atom. The number of halogens is 5. The molecule has 1 aromatic carbocycles. The highest BCUT2D eigenvalue weighted by Gasteiger charge is 2.52. The third-order valence-electron chi connectivity index (χ3n) is 3.73.